The normalized spacial score (nSPS) is 18.1. The molecule has 0 saturated carbocycles. The van der Waals surface area contributed by atoms with Crippen molar-refractivity contribution >= 4 is 29.1 Å². The van der Waals surface area contributed by atoms with Crippen molar-refractivity contribution in [1.29, 1.82) is 0 Å². The molecule has 1 unspecified atom stereocenters. The van der Waals surface area contributed by atoms with Crippen LogP contribution < -0.4 is 4.74 Å². The summed E-state index contributed by atoms with van der Waals surface area (Å²) in [6, 6.07) is 13.1. The first-order valence-corrected chi connectivity index (χ1v) is 10.6. The van der Waals surface area contributed by atoms with E-state index in [1.54, 1.807) is 41.3 Å². The van der Waals surface area contributed by atoms with Gasteiger partial charge in [0, 0.05) is 17.1 Å². The zero-order valence-electron chi connectivity index (χ0n) is 18.0. The van der Waals surface area contributed by atoms with E-state index in [0.29, 0.717) is 35.9 Å². The fourth-order valence-electron chi connectivity index (χ4n) is 3.69. The minimum absolute atomic E-state index is 0.0846. The maximum Gasteiger partial charge on any atom is 0.295 e. The summed E-state index contributed by atoms with van der Waals surface area (Å²) in [5.74, 6) is -0.790. The Morgan fingerprint density at radius 1 is 1.10 bits per heavy atom. The van der Waals surface area contributed by atoms with Crippen LogP contribution in [0.25, 0.3) is 5.76 Å². The van der Waals surface area contributed by atoms with Crippen molar-refractivity contribution in [3.05, 3.63) is 70.3 Å². The number of Topliss-reactive ketones (excluding diaryl/α,β-unsaturated/α-hetero) is 1. The maximum atomic E-state index is 13.0. The number of halogens is 1. The summed E-state index contributed by atoms with van der Waals surface area (Å²) < 4.78 is 5.51. The van der Waals surface area contributed by atoms with Crippen molar-refractivity contribution in [3.8, 4) is 5.75 Å². The molecule has 1 fully saturated rings. The van der Waals surface area contributed by atoms with E-state index >= 15 is 0 Å². The molecule has 6 nitrogen and oxygen atoms in total. The lowest BCUT2D eigenvalue weighted by Crippen LogP contribution is -2.32. The number of rotatable bonds is 8. The Bertz CT molecular complexity index is 968. The molecule has 2 aromatic rings. The van der Waals surface area contributed by atoms with Crippen LogP contribution in [-0.2, 0) is 9.59 Å². The van der Waals surface area contributed by atoms with Gasteiger partial charge in [-0.05, 0) is 75.9 Å². The van der Waals surface area contributed by atoms with E-state index in [1.807, 2.05) is 38.1 Å². The SMILES string of the molecule is CCOc1ccc(C2C(=C(O)c3ccc(Cl)cc3)C(=O)C(=O)N2CCCN(C)C)cc1. The number of hydrogen-bond acceptors (Lipinski definition) is 5. The number of carbonyl (C=O) groups is 2. The number of benzene rings is 2. The van der Waals surface area contributed by atoms with E-state index in [9.17, 15) is 14.7 Å². The van der Waals surface area contributed by atoms with Crippen LogP contribution in [0.5, 0.6) is 5.75 Å². The van der Waals surface area contributed by atoms with Crippen LogP contribution in [0.1, 0.15) is 30.5 Å². The first-order chi connectivity index (χ1) is 14.8. The molecule has 31 heavy (non-hydrogen) atoms. The van der Waals surface area contributed by atoms with Crippen molar-refractivity contribution in [2.45, 2.75) is 19.4 Å². The number of likely N-dealkylation sites (tertiary alicyclic amines) is 1. The number of aliphatic hydroxyl groups is 1. The van der Waals surface area contributed by atoms with Gasteiger partial charge in [-0.1, -0.05) is 23.7 Å². The predicted molar refractivity (Wildman–Crippen MR) is 121 cm³/mol. The van der Waals surface area contributed by atoms with Crippen LogP contribution in [0.3, 0.4) is 0 Å². The summed E-state index contributed by atoms with van der Waals surface area (Å²) in [6.45, 7) is 3.62. The second kappa shape index (κ2) is 9.98. The molecule has 0 radical (unpaired) electrons. The average molecular weight is 443 g/mol. The van der Waals surface area contributed by atoms with Crippen molar-refractivity contribution in [2.24, 2.45) is 0 Å². The minimum atomic E-state index is -0.684. The highest BCUT2D eigenvalue weighted by Gasteiger charge is 2.45. The lowest BCUT2D eigenvalue weighted by atomic mass is 9.95. The summed E-state index contributed by atoms with van der Waals surface area (Å²) >= 11 is 5.96. The molecular formula is C24H27ClN2O4. The quantitative estimate of drug-likeness (QED) is 0.378. The van der Waals surface area contributed by atoms with E-state index in [1.165, 1.54) is 0 Å². The second-order valence-electron chi connectivity index (χ2n) is 7.66. The molecule has 3 rings (SSSR count). The van der Waals surface area contributed by atoms with Crippen LogP contribution in [0.15, 0.2) is 54.1 Å². The largest absolute Gasteiger partial charge is 0.507 e. The third-order valence-corrected chi connectivity index (χ3v) is 5.42. The summed E-state index contributed by atoms with van der Waals surface area (Å²) in [4.78, 5) is 29.5. The Hall–Kier alpha value is -2.83. The third kappa shape index (κ3) is 5.09. The zero-order valence-corrected chi connectivity index (χ0v) is 18.7. The Balaban J connectivity index is 2.05. The van der Waals surface area contributed by atoms with Gasteiger partial charge >= 0.3 is 0 Å². The summed E-state index contributed by atoms with van der Waals surface area (Å²) in [5.41, 5.74) is 1.26. The van der Waals surface area contributed by atoms with Crippen molar-refractivity contribution in [1.82, 2.24) is 9.80 Å². The first-order valence-electron chi connectivity index (χ1n) is 10.2. The molecule has 0 aliphatic carbocycles. The molecule has 0 bridgehead atoms. The van der Waals surface area contributed by atoms with Gasteiger partial charge in [0.15, 0.2) is 0 Å². The van der Waals surface area contributed by atoms with E-state index < -0.39 is 17.7 Å². The van der Waals surface area contributed by atoms with E-state index in [2.05, 4.69) is 0 Å². The summed E-state index contributed by atoms with van der Waals surface area (Å²) in [5, 5.41) is 11.5. The molecular weight excluding hydrogens is 416 g/mol. The Kier molecular flexibility index (Phi) is 7.36. The fourth-order valence-corrected chi connectivity index (χ4v) is 3.82. The molecule has 1 aliphatic rings. The van der Waals surface area contributed by atoms with Gasteiger partial charge in [0.2, 0.25) is 0 Å². The van der Waals surface area contributed by atoms with Gasteiger partial charge in [0.25, 0.3) is 11.7 Å². The van der Waals surface area contributed by atoms with Gasteiger partial charge in [-0.3, -0.25) is 9.59 Å². The maximum absolute atomic E-state index is 13.0. The highest BCUT2D eigenvalue weighted by Crippen LogP contribution is 2.40. The molecule has 1 N–H and O–H groups in total. The Labute approximate surface area is 187 Å². The topological polar surface area (TPSA) is 70.1 Å². The molecule has 7 heteroatoms. The smallest absolute Gasteiger partial charge is 0.295 e. The van der Waals surface area contributed by atoms with Crippen LogP contribution in [0.2, 0.25) is 5.02 Å². The number of carbonyl (C=O) groups excluding carboxylic acids is 2. The highest BCUT2D eigenvalue weighted by atomic mass is 35.5. The van der Waals surface area contributed by atoms with Crippen molar-refractivity contribution in [2.75, 3.05) is 33.8 Å². The molecule has 1 heterocycles. The van der Waals surface area contributed by atoms with Crippen molar-refractivity contribution in [3.63, 3.8) is 0 Å². The number of ether oxygens (including phenoxy) is 1. The first kappa shape index (κ1) is 22.8. The van der Waals surface area contributed by atoms with E-state index in [0.717, 1.165) is 12.1 Å². The lowest BCUT2D eigenvalue weighted by molar-refractivity contribution is -0.139. The van der Waals surface area contributed by atoms with Gasteiger partial charge in [-0.2, -0.15) is 0 Å². The Morgan fingerprint density at radius 2 is 1.74 bits per heavy atom. The number of aliphatic hydroxyl groups excluding tert-OH is 1. The predicted octanol–water partition coefficient (Wildman–Crippen LogP) is 4.11. The van der Waals surface area contributed by atoms with E-state index in [-0.39, 0.29) is 11.3 Å². The van der Waals surface area contributed by atoms with Crippen LogP contribution >= 0.6 is 11.6 Å². The third-order valence-electron chi connectivity index (χ3n) is 5.17. The number of hydrogen-bond donors (Lipinski definition) is 1. The minimum Gasteiger partial charge on any atom is -0.507 e. The van der Waals surface area contributed by atoms with Crippen molar-refractivity contribution < 1.29 is 19.4 Å². The average Bonchev–Trinajstić information content (AvgIpc) is 2.99. The number of ketones is 1. The molecule has 1 saturated heterocycles. The van der Waals surface area contributed by atoms with Gasteiger partial charge in [-0.25, -0.2) is 0 Å². The summed E-state index contributed by atoms with van der Waals surface area (Å²) in [6.07, 6.45) is 0.703. The van der Waals surface area contributed by atoms with Gasteiger partial charge < -0.3 is 19.6 Å². The number of nitrogens with zero attached hydrogens (tertiary/aromatic N) is 2. The molecule has 0 spiro atoms. The summed E-state index contributed by atoms with van der Waals surface area (Å²) in [7, 11) is 3.91. The van der Waals surface area contributed by atoms with Gasteiger partial charge in [-0.15, -0.1) is 0 Å². The number of amides is 1. The van der Waals surface area contributed by atoms with E-state index in [4.69, 9.17) is 16.3 Å². The second-order valence-corrected chi connectivity index (χ2v) is 8.09. The lowest BCUT2D eigenvalue weighted by Gasteiger charge is -2.26. The van der Waals surface area contributed by atoms with Crippen LogP contribution in [0.4, 0.5) is 0 Å². The standard InChI is InChI=1S/C24H27ClN2O4/c1-4-31-19-12-8-16(9-13-19)21-20(22(28)17-6-10-18(25)11-7-17)23(29)24(30)27(21)15-5-14-26(2)3/h6-13,21,28H,4-5,14-15H2,1-3H3. The highest BCUT2D eigenvalue weighted by molar-refractivity contribution is 6.46. The van der Waals surface area contributed by atoms with Gasteiger partial charge in [0.05, 0.1) is 18.2 Å². The van der Waals surface area contributed by atoms with Crippen LogP contribution in [0, 0.1) is 0 Å². The monoisotopic (exact) mass is 442 g/mol. The molecule has 1 aliphatic heterocycles. The molecule has 1 amide bonds. The zero-order chi connectivity index (χ0) is 22.5. The Morgan fingerprint density at radius 3 is 2.32 bits per heavy atom. The molecule has 2 aromatic carbocycles. The molecule has 164 valence electrons. The van der Waals surface area contributed by atoms with Crippen LogP contribution in [-0.4, -0.2) is 60.4 Å². The fraction of sp³-hybridized carbons (Fsp3) is 0.333. The molecule has 0 aromatic heterocycles. The van der Waals surface area contributed by atoms with Gasteiger partial charge in [0.1, 0.15) is 11.5 Å². The molecule has 1 atom stereocenters.